The van der Waals surface area contributed by atoms with Gasteiger partial charge in [-0.05, 0) is 6.42 Å². The molecule has 0 radical (unpaired) electrons. The Morgan fingerprint density at radius 2 is 1.92 bits per heavy atom. The topological polar surface area (TPSA) is 49.4 Å². The summed E-state index contributed by atoms with van der Waals surface area (Å²) in [6.07, 6.45) is 4.52. The number of imide groups is 1. The van der Waals surface area contributed by atoms with E-state index in [1.165, 1.54) is 12.2 Å². The lowest BCUT2D eigenvalue weighted by Crippen LogP contribution is -2.42. The van der Waals surface area contributed by atoms with Crippen molar-refractivity contribution in [2.75, 3.05) is 6.54 Å². The van der Waals surface area contributed by atoms with Crippen LogP contribution >= 0.6 is 0 Å². The lowest BCUT2D eigenvalue weighted by atomic mass is 10.3. The maximum absolute atomic E-state index is 10.9. The number of hydrogen-bond acceptors (Lipinski definition) is 3. The van der Waals surface area contributed by atoms with Crippen molar-refractivity contribution in [3.63, 3.8) is 0 Å². The van der Waals surface area contributed by atoms with Crippen molar-refractivity contribution in [1.29, 1.82) is 0 Å². The molecule has 1 rings (SSSR count). The second-order valence-corrected chi connectivity index (χ2v) is 2.61. The summed E-state index contributed by atoms with van der Waals surface area (Å²) in [6.45, 7) is 2.71. The maximum Gasteiger partial charge on any atom is 0.268 e. The number of nitrogens with zero attached hydrogens (tertiary/aromatic N) is 1. The molecule has 0 aromatic carbocycles. The van der Waals surface area contributed by atoms with Gasteiger partial charge in [0.25, 0.3) is 11.8 Å². The summed E-state index contributed by atoms with van der Waals surface area (Å²) < 4.78 is 0. The molecule has 0 saturated heterocycles. The molecule has 1 aliphatic heterocycles. The fourth-order valence-corrected chi connectivity index (χ4v) is 0.924. The van der Waals surface area contributed by atoms with Gasteiger partial charge in [0.1, 0.15) is 0 Å². The lowest BCUT2D eigenvalue weighted by molar-refractivity contribution is -0.140. The molecule has 4 nitrogen and oxygen atoms in total. The van der Waals surface area contributed by atoms with E-state index in [0.29, 0.717) is 6.54 Å². The van der Waals surface area contributed by atoms with Gasteiger partial charge in [-0.3, -0.25) is 9.59 Å². The second kappa shape index (κ2) is 4.01. The number of rotatable bonds is 4. The molecule has 0 aromatic heterocycles. The highest BCUT2D eigenvalue weighted by Crippen LogP contribution is 1.99. The Labute approximate surface area is 71.2 Å². The predicted octanol–water partition coefficient (Wildman–Crippen LogP) is 0.216. The van der Waals surface area contributed by atoms with Crippen molar-refractivity contribution in [1.82, 2.24) is 10.4 Å². The monoisotopic (exact) mass is 168 g/mol. The van der Waals surface area contributed by atoms with E-state index < -0.39 is 0 Å². The van der Waals surface area contributed by atoms with E-state index >= 15 is 0 Å². The normalized spacial score (nSPS) is 16.2. The third kappa shape index (κ3) is 1.92. The zero-order chi connectivity index (χ0) is 8.97. The number of carbonyl (C=O) groups is 2. The van der Waals surface area contributed by atoms with E-state index in [1.807, 2.05) is 6.92 Å². The lowest BCUT2D eigenvalue weighted by Gasteiger charge is -2.14. The van der Waals surface area contributed by atoms with Crippen LogP contribution in [-0.4, -0.2) is 23.4 Å². The fourth-order valence-electron chi connectivity index (χ4n) is 0.924. The smallest absolute Gasteiger partial charge is 0.268 e. The van der Waals surface area contributed by atoms with Crippen molar-refractivity contribution in [3.05, 3.63) is 12.2 Å². The van der Waals surface area contributed by atoms with Gasteiger partial charge in [-0.25, -0.2) is 10.4 Å². The first-order valence-corrected chi connectivity index (χ1v) is 4.05. The Kier molecular flexibility index (Phi) is 2.99. The van der Waals surface area contributed by atoms with Crippen LogP contribution in [0.2, 0.25) is 0 Å². The Morgan fingerprint density at radius 3 is 2.42 bits per heavy atom. The quantitative estimate of drug-likeness (QED) is 0.482. The van der Waals surface area contributed by atoms with Gasteiger partial charge in [-0.15, -0.1) is 0 Å². The Bertz CT molecular complexity index is 205. The molecular formula is C8H12N2O2. The van der Waals surface area contributed by atoms with Crippen molar-refractivity contribution < 1.29 is 9.59 Å². The highest BCUT2D eigenvalue weighted by atomic mass is 16.2. The van der Waals surface area contributed by atoms with Crippen molar-refractivity contribution in [3.8, 4) is 0 Å². The van der Waals surface area contributed by atoms with Crippen molar-refractivity contribution >= 4 is 11.8 Å². The van der Waals surface area contributed by atoms with Crippen molar-refractivity contribution in [2.24, 2.45) is 0 Å². The molecule has 4 heteroatoms. The van der Waals surface area contributed by atoms with E-state index in [-0.39, 0.29) is 11.8 Å². The number of hydrazine groups is 1. The highest BCUT2D eigenvalue weighted by molar-refractivity contribution is 6.12. The SMILES string of the molecule is CCCCNN1C(=O)C=CC1=O. The molecule has 12 heavy (non-hydrogen) atoms. The molecule has 0 spiro atoms. The molecular weight excluding hydrogens is 156 g/mol. The Morgan fingerprint density at radius 1 is 1.33 bits per heavy atom. The number of unbranched alkanes of at least 4 members (excludes halogenated alkanes) is 1. The van der Waals surface area contributed by atoms with Crippen molar-refractivity contribution in [2.45, 2.75) is 19.8 Å². The fraction of sp³-hybridized carbons (Fsp3) is 0.500. The summed E-state index contributed by atoms with van der Waals surface area (Å²) >= 11 is 0. The molecule has 1 aliphatic rings. The van der Waals surface area contributed by atoms with E-state index in [2.05, 4.69) is 5.43 Å². The van der Waals surface area contributed by atoms with Crippen LogP contribution in [0, 0.1) is 0 Å². The summed E-state index contributed by atoms with van der Waals surface area (Å²) in [4.78, 5) is 21.9. The van der Waals surface area contributed by atoms with Gasteiger partial charge in [-0.1, -0.05) is 13.3 Å². The molecule has 0 atom stereocenters. The first kappa shape index (κ1) is 8.93. The number of carbonyl (C=O) groups excluding carboxylic acids is 2. The largest absolute Gasteiger partial charge is 0.268 e. The van der Waals surface area contributed by atoms with Gasteiger partial charge in [0.05, 0.1) is 0 Å². The van der Waals surface area contributed by atoms with E-state index in [0.717, 1.165) is 17.9 Å². The molecule has 0 aromatic rings. The highest BCUT2D eigenvalue weighted by Gasteiger charge is 2.22. The van der Waals surface area contributed by atoms with E-state index in [1.54, 1.807) is 0 Å². The summed E-state index contributed by atoms with van der Waals surface area (Å²) in [5.74, 6) is -0.563. The number of amides is 2. The zero-order valence-electron chi connectivity index (χ0n) is 7.04. The third-order valence-corrected chi connectivity index (χ3v) is 1.61. The van der Waals surface area contributed by atoms with Crippen LogP contribution in [0.3, 0.4) is 0 Å². The molecule has 1 N–H and O–H groups in total. The van der Waals surface area contributed by atoms with Gasteiger partial charge in [0.15, 0.2) is 0 Å². The summed E-state index contributed by atoms with van der Waals surface area (Å²) in [7, 11) is 0. The molecule has 1 heterocycles. The van der Waals surface area contributed by atoms with Gasteiger partial charge in [-0.2, -0.15) is 0 Å². The summed E-state index contributed by atoms with van der Waals surface area (Å²) in [6, 6.07) is 0. The third-order valence-electron chi connectivity index (χ3n) is 1.61. The Balaban J connectivity index is 2.33. The zero-order valence-corrected chi connectivity index (χ0v) is 7.04. The predicted molar refractivity (Wildman–Crippen MR) is 43.9 cm³/mol. The molecule has 0 fully saturated rings. The minimum atomic E-state index is -0.281. The van der Waals surface area contributed by atoms with Crippen LogP contribution in [-0.2, 0) is 9.59 Å². The van der Waals surface area contributed by atoms with Gasteiger partial charge in [0, 0.05) is 18.7 Å². The van der Waals surface area contributed by atoms with Crippen LogP contribution in [0.1, 0.15) is 19.8 Å². The molecule has 0 saturated carbocycles. The number of nitrogens with one attached hydrogen (secondary N) is 1. The maximum atomic E-state index is 10.9. The summed E-state index contributed by atoms with van der Waals surface area (Å²) in [5.41, 5.74) is 2.75. The summed E-state index contributed by atoms with van der Waals surface area (Å²) in [5, 5.41) is 1.04. The average Bonchev–Trinajstić information content (AvgIpc) is 2.35. The second-order valence-electron chi connectivity index (χ2n) is 2.61. The molecule has 66 valence electrons. The van der Waals surface area contributed by atoms with Gasteiger partial charge in [0.2, 0.25) is 0 Å². The van der Waals surface area contributed by atoms with E-state index in [9.17, 15) is 9.59 Å². The minimum absolute atomic E-state index is 0.281. The van der Waals surface area contributed by atoms with Crippen LogP contribution in [0.5, 0.6) is 0 Å². The number of hydrogen-bond donors (Lipinski definition) is 1. The average molecular weight is 168 g/mol. The first-order valence-electron chi connectivity index (χ1n) is 4.05. The molecule has 2 amide bonds. The standard InChI is InChI=1S/C8H12N2O2/c1-2-3-6-9-10-7(11)4-5-8(10)12/h4-5,9H,2-3,6H2,1H3. The van der Waals surface area contributed by atoms with Crippen LogP contribution in [0.15, 0.2) is 12.2 Å². The van der Waals surface area contributed by atoms with E-state index in [4.69, 9.17) is 0 Å². The van der Waals surface area contributed by atoms with Crippen LogP contribution < -0.4 is 5.43 Å². The Hall–Kier alpha value is -1.16. The van der Waals surface area contributed by atoms with Crippen LogP contribution in [0.25, 0.3) is 0 Å². The minimum Gasteiger partial charge on any atom is -0.268 e. The molecule has 0 bridgehead atoms. The van der Waals surface area contributed by atoms with Crippen LogP contribution in [0.4, 0.5) is 0 Å². The van der Waals surface area contributed by atoms with Gasteiger partial charge >= 0.3 is 0 Å². The van der Waals surface area contributed by atoms with Gasteiger partial charge < -0.3 is 0 Å². The first-order chi connectivity index (χ1) is 5.75. The molecule has 0 unspecified atom stereocenters. The molecule has 0 aliphatic carbocycles.